The Bertz CT molecular complexity index is 911. The van der Waals surface area contributed by atoms with E-state index in [4.69, 9.17) is 4.63 Å². The van der Waals surface area contributed by atoms with Gasteiger partial charge in [0, 0.05) is 41.3 Å². The van der Waals surface area contributed by atoms with Crippen molar-refractivity contribution < 1.29 is 14.2 Å². The number of Topliss-reactive ketones (excluding diaryl/α,β-unsaturated/α-hetero) is 2. The minimum Gasteiger partial charge on any atom is -0.362 e. The van der Waals surface area contributed by atoms with Crippen LogP contribution in [-0.4, -0.2) is 21.9 Å². The summed E-state index contributed by atoms with van der Waals surface area (Å²) in [5, 5.41) is 11.0. The molecule has 0 saturated carbocycles. The lowest BCUT2D eigenvalue weighted by atomic mass is 9.80. The maximum Gasteiger partial charge on any atom is 0.161 e. The molecule has 2 heterocycles. The second-order valence-corrected chi connectivity index (χ2v) is 6.20. The van der Waals surface area contributed by atoms with E-state index in [9.17, 15) is 9.59 Å². The number of dihydropyridines is 1. The molecule has 0 bridgehead atoms. The third-order valence-corrected chi connectivity index (χ3v) is 4.95. The summed E-state index contributed by atoms with van der Waals surface area (Å²) in [5.41, 5.74) is 5.66. The number of allylic oxidation sites excluding steroid dienone is 4. The largest absolute Gasteiger partial charge is 0.362 e. The van der Waals surface area contributed by atoms with E-state index in [-0.39, 0.29) is 17.5 Å². The lowest BCUT2D eigenvalue weighted by molar-refractivity contribution is -0.115. The highest BCUT2D eigenvalue weighted by molar-refractivity contribution is 6.08. The van der Waals surface area contributed by atoms with Crippen LogP contribution in [0.1, 0.15) is 37.2 Å². The summed E-state index contributed by atoms with van der Waals surface area (Å²) < 4.78 is 4.75. The van der Waals surface area contributed by atoms with E-state index in [0.717, 1.165) is 40.9 Å². The van der Waals surface area contributed by atoms with Crippen LogP contribution in [0.3, 0.4) is 0 Å². The van der Waals surface area contributed by atoms with Gasteiger partial charge in [0.15, 0.2) is 11.6 Å². The number of aromatic nitrogens is 2. The lowest BCUT2D eigenvalue weighted by Crippen LogP contribution is -2.26. The highest BCUT2D eigenvalue weighted by Gasteiger charge is 2.42. The highest BCUT2D eigenvalue weighted by Crippen LogP contribution is 2.46. The van der Waals surface area contributed by atoms with Crippen molar-refractivity contribution in [3.8, 4) is 0 Å². The lowest BCUT2D eigenvalue weighted by Gasteiger charge is -2.27. The molecule has 0 unspecified atom stereocenters. The van der Waals surface area contributed by atoms with E-state index in [2.05, 4.69) is 15.6 Å². The SMILES string of the molecule is O=C1CCC2=C1C(c1ccc3nonc3c1)C1=C(CCC1=O)N2. The molecule has 2 aromatic rings. The molecule has 114 valence electrons. The Labute approximate surface area is 131 Å². The van der Waals surface area contributed by atoms with E-state index in [0.29, 0.717) is 23.9 Å². The van der Waals surface area contributed by atoms with Crippen molar-refractivity contribution in [2.45, 2.75) is 31.6 Å². The maximum atomic E-state index is 12.4. The number of carbonyl (C=O) groups excluding carboxylic acids is 2. The van der Waals surface area contributed by atoms with E-state index >= 15 is 0 Å². The number of ketones is 2. The van der Waals surface area contributed by atoms with Crippen LogP contribution in [0.2, 0.25) is 0 Å². The maximum absolute atomic E-state index is 12.4. The van der Waals surface area contributed by atoms with Gasteiger partial charge in [-0.1, -0.05) is 6.07 Å². The standard InChI is InChI=1S/C17H13N3O3/c21-13-5-3-10-16(13)15(17-11(18-10)4-6-14(17)22)8-1-2-9-12(7-8)20-23-19-9/h1-2,7,15,18H,3-6H2. The Morgan fingerprint density at radius 3 is 2.26 bits per heavy atom. The molecule has 6 nitrogen and oxygen atoms in total. The molecule has 1 aliphatic heterocycles. The normalized spacial score (nSPS) is 21.2. The molecule has 23 heavy (non-hydrogen) atoms. The summed E-state index contributed by atoms with van der Waals surface area (Å²) in [7, 11) is 0. The average Bonchev–Trinajstić information content (AvgIpc) is 3.25. The minimum atomic E-state index is -0.285. The Hall–Kier alpha value is -2.76. The number of nitrogens with zero attached hydrogens (tertiary/aromatic N) is 2. The summed E-state index contributed by atoms with van der Waals surface area (Å²) in [6.45, 7) is 0. The molecule has 5 rings (SSSR count). The Morgan fingerprint density at radius 2 is 1.57 bits per heavy atom. The van der Waals surface area contributed by atoms with E-state index < -0.39 is 0 Å². The van der Waals surface area contributed by atoms with Crippen LogP contribution < -0.4 is 5.32 Å². The van der Waals surface area contributed by atoms with Gasteiger partial charge < -0.3 is 5.32 Å². The second kappa shape index (κ2) is 4.38. The first kappa shape index (κ1) is 12.8. The zero-order valence-electron chi connectivity index (χ0n) is 12.3. The van der Waals surface area contributed by atoms with Crippen LogP contribution in [-0.2, 0) is 9.59 Å². The van der Waals surface area contributed by atoms with Gasteiger partial charge in [0.05, 0.1) is 0 Å². The quantitative estimate of drug-likeness (QED) is 0.869. The summed E-state index contributed by atoms with van der Waals surface area (Å²) >= 11 is 0. The predicted octanol–water partition coefficient (Wildman–Crippen LogP) is 2.14. The fourth-order valence-corrected chi connectivity index (χ4v) is 3.92. The molecule has 1 N–H and O–H groups in total. The van der Waals surface area contributed by atoms with Crippen LogP contribution in [0.15, 0.2) is 45.4 Å². The number of rotatable bonds is 1. The van der Waals surface area contributed by atoms with E-state index in [1.54, 1.807) is 0 Å². The Kier molecular flexibility index (Phi) is 2.43. The van der Waals surface area contributed by atoms with Gasteiger partial charge in [0.25, 0.3) is 0 Å². The Morgan fingerprint density at radius 1 is 0.913 bits per heavy atom. The van der Waals surface area contributed by atoms with Crippen molar-refractivity contribution in [2.24, 2.45) is 0 Å². The molecule has 0 fully saturated rings. The molecule has 1 aromatic heterocycles. The highest BCUT2D eigenvalue weighted by atomic mass is 16.6. The van der Waals surface area contributed by atoms with Crippen molar-refractivity contribution in [1.29, 1.82) is 0 Å². The van der Waals surface area contributed by atoms with Crippen LogP contribution in [0.25, 0.3) is 11.0 Å². The zero-order chi connectivity index (χ0) is 15.6. The molecule has 2 aliphatic carbocycles. The molecule has 1 aromatic carbocycles. The first-order chi connectivity index (χ1) is 11.2. The van der Waals surface area contributed by atoms with E-state index in [1.807, 2.05) is 18.2 Å². The van der Waals surface area contributed by atoms with Crippen LogP contribution in [0.5, 0.6) is 0 Å². The van der Waals surface area contributed by atoms with Crippen molar-refractivity contribution in [3.05, 3.63) is 46.3 Å². The summed E-state index contributed by atoms with van der Waals surface area (Å²) in [6.07, 6.45) is 2.47. The topological polar surface area (TPSA) is 85.1 Å². The number of hydrogen-bond acceptors (Lipinski definition) is 6. The van der Waals surface area contributed by atoms with Gasteiger partial charge >= 0.3 is 0 Å². The zero-order valence-corrected chi connectivity index (χ0v) is 12.3. The van der Waals surface area contributed by atoms with Crippen LogP contribution >= 0.6 is 0 Å². The molecule has 0 amide bonds. The molecule has 0 radical (unpaired) electrons. The number of benzene rings is 1. The third kappa shape index (κ3) is 1.69. The molecular weight excluding hydrogens is 294 g/mol. The summed E-state index contributed by atoms with van der Waals surface area (Å²) in [6, 6.07) is 5.60. The molecular formula is C17H13N3O3. The number of carbonyl (C=O) groups is 2. The van der Waals surface area contributed by atoms with Crippen molar-refractivity contribution >= 4 is 22.6 Å². The average molecular weight is 307 g/mol. The van der Waals surface area contributed by atoms with Gasteiger partial charge in [-0.15, -0.1) is 0 Å². The molecule has 3 aliphatic rings. The third-order valence-electron chi connectivity index (χ3n) is 4.95. The van der Waals surface area contributed by atoms with Crippen molar-refractivity contribution in [1.82, 2.24) is 15.6 Å². The fraction of sp³-hybridized carbons (Fsp3) is 0.294. The summed E-state index contributed by atoms with van der Waals surface area (Å²) in [4.78, 5) is 24.8. The molecule has 0 saturated heterocycles. The second-order valence-electron chi connectivity index (χ2n) is 6.20. The monoisotopic (exact) mass is 307 g/mol. The Balaban J connectivity index is 1.73. The van der Waals surface area contributed by atoms with Gasteiger partial charge in [-0.25, -0.2) is 4.63 Å². The predicted molar refractivity (Wildman–Crippen MR) is 80.2 cm³/mol. The van der Waals surface area contributed by atoms with Crippen LogP contribution in [0.4, 0.5) is 0 Å². The van der Waals surface area contributed by atoms with Gasteiger partial charge in [0.1, 0.15) is 11.0 Å². The van der Waals surface area contributed by atoms with Gasteiger partial charge in [0.2, 0.25) is 0 Å². The van der Waals surface area contributed by atoms with Crippen molar-refractivity contribution in [3.63, 3.8) is 0 Å². The summed E-state index contributed by atoms with van der Waals surface area (Å²) in [5.74, 6) is -0.0309. The van der Waals surface area contributed by atoms with Gasteiger partial charge in [-0.3, -0.25) is 9.59 Å². The van der Waals surface area contributed by atoms with Crippen LogP contribution in [0, 0.1) is 0 Å². The minimum absolute atomic E-state index is 0.127. The van der Waals surface area contributed by atoms with Gasteiger partial charge in [-0.2, -0.15) is 0 Å². The molecule has 0 atom stereocenters. The van der Waals surface area contributed by atoms with E-state index in [1.165, 1.54) is 0 Å². The smallest absolute Gasteiger partial charge is 0.161 e. The fourth-order valence-electron chi connectivity index (χ4n) is 3.92. The number of hydrogen-bond donors (Lipinski definition) is 1. The van der Waals surface area contributed by atoms with Crippen molar-refractivity contribution in [2.75, 3.05) is 0 Å². The molecule has 6 heteroatoms. The molecule has 0 spiro atoms. The number of nitrogens with one attached hydrogen (secondary N) is 1. The first-order valence-corrected chi connectivity index (χ1v) is 7.74. The van der Waals surface area contributed by atoms with Gasteiger partial charge in [-0.05, 0) is 40.9 Å². The number of fused-ring (bicyclic) bond motifs is 1. The first-order valence-electron chi connectivity index (χ1n) is 7.74.